The van der Waals surface area contributed by atoms with E-state index in [9.17, 15) is 4.79 Å². The maximum Gasteiger partial charge on any atom is 0.254 e. The molecule has 5 aromatic rings. The number of carbonyl (C=O) groups excluding carboxylic acids is 1. The molecule has 0 unspecified atom stereocenters. The number of para-hydroxylation sites is 1. The van der Waals surface area contributed by atoms with Gasteiger partial charge >= 0.3 is 0 Å². The van der Waals surface area contributed by atoms with Crippen molar-refractivity contribution in [2.24, 2.45) is 0 Å². The average molecular weight is 430 g/mol. The van der Waals surface area contributed by atoms with Crippen LogP contribution in [0.3, 0.4) is 0 Å². The van der Waals surface area contributed by atoms with Gasteiger partial charge in [-0.2, -0.15) is 0 Å². The van der Waals surface area contributed by atoms with E-state index >= 15 is 0 Å². The summed E-state index contributed by atoms with van der Waals surface area (Å²) in [5.74, 6) is 0.0979. The second-order valence-corrected chi connectivity index (χ2v) is 8.62. The molecule has 0 radical (unpaired) electrons. The van der Waals surface area contributed by atoms with E-state index in [0.717, 1.165) is 55.6 Å². The second-order valence-electron chi connectivity index (χ2n) is 8.62. The van der Waals surface area contributed by atoms with E-state index in [0.29, 0.717) is 6.54 Å². The van der Waals surface area contributed by atoms with Gasteiger partial charge in [-0.25, -0.2) is 0 Å². The van der Waals surface area contributed by atoms with Gasteiger partial charge in [-0.1, -0.05) is 61.2 Å². The van der Waals surface area contributed by atoms with Crippen LogP contribution >= 0.6 is 0 Å². The van der Waals surface area contributed by atoms with Gasteiger partial charge in [0.05, 0.1) is 11.2 Å². The maximum atomic E-state index is 12.2. The zero-order valence-corrected chi connectivity index (χ0v) is 18.4. The molecule has 1 aromatic heterocycles. The fraction of sp³-hybridized carbons (Fsp3) is 0.0690. The summed E-state index contributed by atoms with van der Waals surface area (Å²) in [6, 6.07) is 29.0. The smallest absolute Gasteiger partial charge is 0.254 e. The quantitative estimate of drug-likeness (QED) is 0.336. The van der Waals surface area contributed by atoms with Crippen LogP contribution < -0.4 is 5.32 Å². The minimum atomic E-state index is 0.0979. The predicted molar refractivity (Wildman–Crippen MR) is 136 cm³/mol. The van der Waals surface area contributed by atoms with Gasteiger partial charge in [0.2, 0.25) is 0 Å². The number of hydrogen-bond donors (Lipinski definition) is 2. The zero-order valence-electron chi connectivity index (χ0n) is 18.4. The Balaban J connectivity index is 1.40. The molecular formula is C29H23N3O. The average Bonchev–Trinajstić information content (AvgIpc) is 3.36. The van der Waals surface area contributed by atoms with Crippen LogP contribution in [0, 0.1) is 0 Å². The SMILES string of the molecule is C=C(Nc1cccc2c1[nH]c1ccc(-c3ccc4c(c3)CN(C)C4=O)cc12)c1ccccc1. The Labute approximate surface area is 192 Å². The van der Waals surface area contributed by atoms with Gasteiger partial charge in [0, 0.05) is 41.1 Å². The summed E-state index contributed by atoms with van der Waals surface area (Å²) in [6.45, 7) is 4.89. The lowest BCUT2D eigenvalue weighted by atomic mass is 9.99. The van der Waals surface area contributed by atoms with Crippen molar-refractivity contribution in [2.45, 2.75) is 6.54 Å². The number of rotatable bonds is 4. The third kappa shape index (κ3) is 3.19. The molecule has 1 aliphatic heterocycles. The second kappa shape index (κ2) is 7.38. The molecule has 33 heavy (non-hydrogen) atoms. The molecule has 0 spiro atoms. The number of anilines is 1. The van der Waals surface area contributed by atoms with Crippen LogP contribution in [0.1, 0.15) is 21.5 Å². The molecule has 4 heteroatoms. The van der Waals surface area contributed by atoms with Gasteiger partial charge in [-0.05, 0) is 52.6 Å². The third-order valence-corrected chi connectivity index (χ3v) is 6.46. The molecule has 0 atom stereocenters. The Kier molecular flexibility index (Phi) is 4.34. The van der Waals surface area contributed by atoms with Crippen LogP contribution in [0.5, 0.6) is 0 Å². The van der Waals surface area contributed by atoms with Crippen LogP contribution in [0.2, 0.25) is 0 Å². The van der Waals surface area contributed by atoms with E-state index in [-0.39, 0.29) is 5.91 Å². The first-order valence-corrected chi connectivity index (χ1v) is 11.0. The van der Waals surface area contributed by atoms with E-state index in [4.69, 9.17) is 0 Å². The molecule has 0 fully saturated rings. The van der Waals surface area contributed by atoms with E-state index < -0.39 is 0 Å². The van der Waals surface area contributed by atoms with Crippen LogP contribution in [-0.4, -0.2) is 22.8 Å². The number of aromatic amines is 1. The highest BCUT2D eigenvalue weighted by molar-refractivity contribution is 6.13. The number of H-pyrrole nitrogens is 1. The Bertz CT molecular complexity index is 1560. The number of amides is 1. The molecule has 0 saturated carbocycles. The van der Waals surface area contributed by atoms with E-state index in [2.05, 4.69) is 71.5 Å². The minimum absolute atomic E-state index is 0.0979. The fourth-order valence-corrected chi connectivity index (χ4v) is 4.73. The Hall–Kier alpha value is -4.31. The monoisotopic (exact) mass is 429 g/mol. The number of hydrogen-bond acceptors (Lipinski definition) is 2. The highest BCUT2D eigenvalue weighted by atomic mass is 16.2. The lowest BCUT2D eigenvalue weighted by Crippen LogP contribution is -2.17. The fourth-order valence-electron chi connectivity index (χ4n) is 4.73. The molecule has 0 aliphatic carbocycles. The molecule has 2 heterocycles. The summed E-state index contributed by atoms with van der Waals surface area (Å²) < 4.78 is 0. The van der Waals surface area contributed by atoms with Crippen molar-refractivity contribution in [3.05, 3.63) is 108 Å². The van der Waals surface area contributed by atoms with Gasteiger partial charge < -0.3 is 15.2 Å². The topological polar surface area (TPSA) is 48.1 Å². The largest absolute Gasteiger partial charge is 0.354 e. The number of nitrogens with one attached hydrogen (secondary N) is 2. The van der Waals surface area contributed by atoms with Crippen molar-refractivity contribution in [3.63, 3.8) is 0 Å². The van der Waals surface area contributed by atoms with Crippen molar-refractivity contribution in [2.75, 3.05) is 12.4 Å². The van der Waals surface area contributed by atoms with Crippen molar-refractivity contribution in [3.8, 4) is 11.1 Å². The normalized spacial score (nSPS) is 13.0. The molecular weight excluding hydrogens is 406 g/mol. The zero-order chi connectivity index (χ0) is 22.5. The summed E-state index contributed by atoms with van der Waals surface area (Å²) in [7, 11) is 1.85. The lowest BCUT2D eigenvalue weighted by molar-refractivity contribution is 0.0816. The van der Waals surface area contributed by atoms with Gasteiger partial charge in [-0.15, -0.1) is 0 Å². The van der Waals surface area contributed by atoms with Crippen molar-refractivity contribution >= 4 is 39.1 Å². The van der Waals surface area contributed by atoms with E-state index in [1.54, 1.807) is 4.90 Å². The molecule has 6 rings (SSSR count). The van der Waals surface area contributed by atoms with Crippen molar-refractivity contribution < 1.29 is 4.79 Å². The standard InChI is InChI=1S/C29H23N3O/c1-18(19-7-4-3-5-8-19)30-27-10-6-9-24-25-16-21(12-14-26(25)31-28(24)27)20-11-13-23-22(15-20)17-32(2)29(23)33/h3-16,30-31H,1,17H2,2H3. The third-order valence-electron chi connectivity index (χ3n) is 6.46. The molecule has 4 nitrogen and oxygen atoms in total. The van der Waals surface area contributed by atoms with E-state index in [1.165, 1.54) is 5.39 Å². The summed E-state index contributed by atoms with van der Waals surface area (Å²) in [5, 5.41) is 5.82. The first-order valence-electron chi connectivity index (χ1n) is 11.0. The van der Waals surface area contributed by atoms with E-state index in [1.807, 2.05) is 37.4 Å². The molecule has 160 valence electrons. The summed E-state index contributed by atoms with van der Waals surface area (Å²) >= 11 is 0. The summed E-state index contributed by atoms with van der Waals surface area (Å²) in [6.07, 6.45) is 0. The highest BCUT2D eigenvalue weighted by Gasteiger charge is 2.24. The summed E-state index contributed by atoms with van der Waals surface area (Å²) in [5.41, 5.74) is 9.23. The predicted octanol–water partition coefficient (Wildman–Crippen LogP) is 6.66. The maximum absolute atomic E-state index is 12.2. The van der Waals surface area contributed by atoms with Crippen LogP contribution in [0.4, 0.5) is 5.69 Å². The number of aromatic nitrogens is 1. The van der Waals surface area contributed by atoms with Gasteiger partial charge in [0.15, 0.2) is 0 Å². The number of nitrogens with zero attached hydrogens (tertiary/aromatic N) is 1. The Morgan fingerprint density at radius 3 is 2.55 bits per heavy atom. The number of carbonyl (C=O) groups is 1. The van der Waals surface area contributed by atoms with Gasteiger partial charge in [0.25, 0.3) is 5.91 Å². The first-order chi connectivity index (χ1) is 16.1. The first kappa shape index (κ1) is 19.4. The highest BCUT2D eigenvalue weighted by Crippen LogP contribution is 2.35. The Morgan fingerprint density at radius 2 is 1.70 bits per heavy atom. The molecule has 1 amide bonds. The molecule has 2 N–H and O–H groups in total. The molecule has 4 aromatic carbocycles. The Morgan fingerprint density at radius 1 is 0.909 bits per heavy atom. The number of benzene rings is 4. The van der Waals surface area contributed by atoms with Gasteiger partial charge in [-0.3, -0.25) is 4.79 Å². The van der Waals surface area contributed by atoms with Crippen molar-refractivity contribution in [1.29, 1.82) is 0 Å². The number of fused-ring (bicyclic) bond motifs is 4. The van der Waals surface area contributed by atoms with Crippen LogP contribution in [0.15, 0.2) is 91.5 Å². The van der Waals surface area contributed by atoms with Gasteiger partial charge in [0.1, 0.15) is 0 Å². The van der Waals surface area contributed by atoms with Crippen LogP contribution in [0.25, 0.3) is 38.6 Å². The molecule has 1 aliphatic rings. The molecule has 0 saturated heterocycles. The minimum Gasteiger partial charge on any atom is -0.354 e. The molecule has 0 bridgehead atoms. The van der Waals surface area contributed by atoms with Crippen LogP contribution in [-0.2, 0) is 6.54 Å². The van der Waals surface area contributed by atoms with Crippen molar-refractivity contribution in [1.82, 2.24) is 9.88 Å². The lowest BCUT2D eigenvalue weighted by Gasteiger charge is -2.10. The summed E-state index contributed by atoms with van der Waals surface area (Å²) in [4.78, 5) is 17.6.